The third-order valence-electron chi connectivity index (χ3n) is 2.28. The van der Waals surface area contributed by atoms with Crippen LogP contribution < -0.4 is 11.1 Å². The number of primary amides is 1. The SMILES string of the molecule is NC(=O)CNCc1cc(C(F)(F)F)cc(C(F)(F)F)c1. The first-order valence-electron chi connectivity index (χ1n) is 5.27. The molecule has 112 valence electrons. The minimum atomic E-state index is -4.89. The molecule has 0 aliphatic carbocycles. The molecule has 0 aromatic heterocycles. The van der Waals surface area contributed by atoms with Crippen LogP contribution in [0.25, 0.3) is 0 Å². The minimum absolute atomic E-state index is 0.0393. The van der Waals surface area contributed by atoms with Gasteiger partial charge in [-0.05, 0) is 23.8 Å². The molecule has 0 aliphatic heterocycles. The summed E-state index contributed by atoms with van der Waals surface area (Å²) in [5, 5.41) is 2.35. The van der Waals surface area contributed by atoms with Gasteiger partial charge in [0, 0.05) is 6.54 Å². The topological polar surface area (TPSA) is 55.1 Å². The molecular formula is C11H10F6N2O. The van der Waals surface area contributed by atoms with E-state index in [2.05, 4.69) is 5.32 Å². The molecule has 0 unspecified atom stereocenters. The lowest BCUT2D eigenvalue weighted by Crippen LogP contribution is -2.28. The Balaban J connectivity index is 3.08. The van der Waals surface area contributed by atoms with Gasteiger partial charge < -0.3 is 11.1 Å². The third-order valence-corrected chi connectivity index (χ3v) is 2.28. The fourth-order valence-corrected chi connectivity index (χ4v) is 1.45. The lowest BCUT2D eigenvalue weighted by molar-refractivity contribution is -0.143. The van der Waals surface area contributed by atoms with Crippen LogP contribution in [0.3, 0.4) is 0 Å². The zero-order valence-electron chi connectivity index (χ0n) is 9.90. The van der Waals surface area contributed by atoms with E-state index in [-0.39, 0.29) is 24.7 Å². The molecule has 0 heterocycles. The zero-order valence-corrected chi connectivity index (χ0v) is 9.90. The lowest BCUT2D eigenvalue weighted by atomic mass is 10.0. The predicted molar refractivity (Wildman–Crippen MR) is 57.3 cm³/mol. The number of amides is 1. The molecule has 0 atom stereocenters. The molecule has 0 radical (unpaired) electrons. The molecule has 0 aliphatic rings. The Morgan fingerprint density at radius 2 is 1.45 bits per heavy atom. The van der Waals surface area contributed by atoms with Gasteiger partial charge in [0.15, 0.2) is 0 Å². The summed E-state index contributed by atoms with van der Waals surface area (Å²) in [4.78, 5) is 10.4. The van der Waals surface area contributed by atoms with E-state index in [9.17, 15) is 31.1 Å². The number of carbonyl (C=O) groups is 1. The van der Waals surface area contributed by atoms with Crippen molar-refractivity contribution < 1.29 is 31.1 Å². The van der Waals surface area contributed by atoms with E-state index in [0.29, 0.717) is 12.1 Å². The van der Waals surface area contributed by atoms with Crippen molar-refractivity contribution >= 4 is 5.91 Å². The summed E-state index contributed by atoms with van der Waals surface area (Å²) in [6.07, 6.45) is -9.78. The first kappa shape index (κ1) is 16.3. The highest BCUT2D eigenvalue weighted by Crippen LogP contribution is 2.36. The molecule has 9 heteroatoms. The van der Waals surface area contributed by atoms with Crippen LogP contribution in [0.1, 0.15) is 16.7 Å². The van der Waals surface area contributed by atoms with Gasteiger partial charge in [-0.3, -0.25) is 4.79 Å². The molecular weight excluding hydrogens is 290 g/mol. The smallest absolute Gasteiger partial charge is 0.369 e. The summed E-state index contributed by atoms with van der Waals surface area (Å²) in [5.74, 6) is -0.770. The van der Waals surface area contributed by atoms with Crippen molar-refractivity contribution in [2.75, 3.05) is 6.54 Å². The Labute approximate surface area is 109 Å². The standard InChI is InChI=1S/C11H10F6N2O/c12-10(13,14)7-1-6(4-19-5-9(18)20)2-8(3-7)11(15,16)17/h1-3,19H,4-5H2,(H2,18,20). The monoisotopic (exact) mass is 300 g/mol. The average molecular weight is 300 g/mol. The fraction of sp³-hybridized carbons (Fsp3) is 0.364. The van der Waals surface area contributed by atoms with Crippen LogP contribution in [0.15, 0.2) is 18.2 Å². The molecule has 20 heavy (non-hydrogen) atoms. The Bertz CT molecular complexity index is 462. The number of hydrogen-bond donors (Lipinski definition) is 2. The molecule has 1 aromatic rings. The lowest BCUT2D eigenvalue weighted by Gasteiger charge is -2.14. The predicted octanol–water partition coefficient (Wildman–Crippen LogP) is 2.30. The van der Waals surface area contributed by atoms with Crippen LogP contribution in [-0.2, 0) is 23.7 Å². The average Bonchev–Trinajstić information content (AvgIpc) is 2.25. The summed E-state index contributed by atoms with van der Waals surface area (Å²) in [7, 11) is 0. The zero-order chi connectivity index (χ0) is 15.6. The number of hydrogen-bond acceptors (Lipinski definition) is 2. The Hall–Kier alpha value is -1.77. The number of carbonyl (C=O) groups excluding carboxylic acids is 1. The van der Waals surface area contributed by atoms with Gasteiger partial charge in [0.1, 0.15) is 0 Å². The van der Waals surface area contributed by atoms with Crippen molar-refractivity contribution in [1.29, 1.82) is 0 Å². The van der Waals surface area contributed by atoms with Gasteiger partial charge in [-0.15, -0.1) is 0 Å². The van der Waals surface area contributed by atoms with Gasteiger partial charge in [-0.25, -0.2) is 0 Å². The fourth-order valence-electron chi connectivity index (χ4n) is 1.45. The van der Waals surface area contributed by atoms with Gasteiger partial charge in [0.05, 0.1) is 17.7 Å². The molecule has 0 fully saturated rings. The van der Waals surface area contributed by atoms with Crippen LogP contribution in [0.2, 0.25) is 0 Å². The number of nitrogens with one attached hydrogen (secondary N) is 1. The second kappa shape index (κ2) is 5.70. The van der Waals surface area contributed by atoms with Crippen LogP contribution >= 0.6 is 0 Å². The molecule has 0 spiro atoms. The second-order valence-corrected chi connectivity index (χ2v) is 3.98. The number of halogens is 6. The first-order valence-corrected chi connectivity index (χ1v) is 5.27. The van der Waals surface area contributed by atoms with Crippen molar-refractivity contribution in [3.8, 4) is 0 Å². The summed E-state index contributed by atoms with van der Waals surface area (Å²) >= 11 is 0. The van der Waals surface area contributed by atoms with Crippen LogP contribution in [0, 0.1) is 0 Å². The number of nitrogens with two attached hydrogens (primary N) is 1. The number of benzene rings is 1. The Morgan fingerprint density at radius 1 is 1.00 bits per heavy atom. The molecule has 3 N–H and O–H groups in total. The molecule has 1 amide bonds. The molecule has 1 aromatic carbocycles. The molecule has 0 saturated heterocycles. The van der Waals surface area contributed by atoms with E-state index in [1.807, 2.05) is 0 Å². The van der Waals surface area contributed by atoms with E-state index in [1.165, 1.54) is 0 Å². The molecule has 0 saturated carbocycles. The van der Waals surface area contributed by atoms with E-state index in [4.69, 9.17) is 5.73 Å². The summed E-state index contributed by atoms with van der Waals surface area (Å²) in [5.41, 5.74) is 1.75. The third kappa shape index (κ3) is 4.72. The normalized spacial score (nSPS) is 12.5. The van der Waals surface area contributed by atoms with Crippen molar-refractivity contribution in [2.45, 2.75) is 18.9 Å². The highest BCUT2D eigenvalue weighted by molar-refractivity contribution is 5.75. The van der Waals surface area contributed by atoms with E-state index in [0.717, 1.165) is 0 Å². The molecule has 0 bridgehead atoms. The van der Waals surface area contributed by atoms with Crippen LogP contribution in [-0.4, -0.2) is 12.5 Å². The van der Waals surface area contributed by atoms with Gasteiger partial charge in [0.2, 0.25) is 5.91 Å². The van der Waals surface area contributed by atoms with Gasteiger partial charge in [-0.1, -0.05) is 0 Å². The van der Waals surface area contributed by atoms with Gasteiger partial charge in [-0.2, -0.15) is 26.3 Å². The van der Waals surface area contributed by atoms with Crippen molar-refractivity contribution in [1.82, 2.24) is 5.32 Å². The van der Waals surface area contributed by atoms with Gasteiger partial charge in [0.25, 0.3) is 0 Å². The van der Waals surface area contributed by atoms with E-state index < -0.39 is 29.4 Å². The highest BCUT2D eigenvalue weighted by Gasteiger charge is 2.36. The first-order chi connectivity index (χ1) is 9.00. The summed E-state index contributed by atoms with van der Waals surface area (Å²) in [6, 6.07) is 1.21. The van der Waals surface area contributed by atoms with Crippen molar-refractivity contribution in [3.63, 3.8) is 0 Å². The van der Waals surface area contributed by atoms with Crippen LogP contribution in [0.4, 0.5) is 26.3 Å². The highest BCUT2D eigenvalue weighted by atomic mass is 19.4. The van der Waals surface area contributed by atoms with Crippen LogP contribution in [0.5, 0.6) is 0 Å². The van der Waals surface area contributed by atoms with Gasteiger partial charge >= 0.3 is 12.4 Å². The van der Waals surface area contributed by atoms with Crippen molar-refractivity contribution in [3.05, 3.63) is 34.9 Å². The van der Waals surface area contributed by atoms with E-state index >= 15 is 0 Å². The minimum Gasteiger partial charge on any atom is -0.369 e. The quantitative estimate of drug-likeness (QED) is 0.838. The van der Waals surface area contributed by atoms with E-state index in [1.54, 1.807) is 0 Å². The second-order valence-electron chi connectivity index (χ2n) is 3.98. The largest absolute Gasteiger partial charge is 0.416 e. The molecule has 1 rings (SSSR count). The number of alkyl halides is 6. The molecule has 3 nitrogen and oxygen atoms in total. The summed E-state index contributed by atoms with van der Waals surface area (Å²) < 4.78 is 75.1. The maximum absolute atomic E-state index is 12.5. The Morgan fingerprint density at radius 3 is 1.80 bits per heavy atom. The maximum atomic E-state index is 12.5. The Kier molecular flexibility index (Phi) is 4.64. The summed E-state index contributed by atoms with van der Waals surface area (Å²) in [6.45, 7) is -0.687. The maximum Gasteiger partial charge on any atom is 0.416 e. The van der Waals surface area contributed by atoms with Crippen molar-refractivity contribution in [2.24, 2.45) is 5.73 Å². The number of rotatable bonds is 4.